The van der Waals surface area contributed by atoms with E-state index in [1.165, 1.54) is 6.92 Å². The monoisotopic (exact) mass is 401 g/mol. The summed E-state index contributed by atoms with van der Waals surface area (Å²) in [6.07, 6.45) is 0. The van der Waals surface area contributed by atoms with E-state index in [2.05, 4.69) is 21.2 Å². The molecular weight excluding hydrogens is 386 g/mol. The average molecular weight is 402 g/mol. The van der Waals surface area contributed by atoms with Crippen LogP contribution in [-0.2, 0) is 6.54 Å². The van der Waals surface area contributed by atoms with Crippen LogP contribution in [0.2, 0.25) is 0 Å². The van der Waals surface area contributed by atoms with Crippen molar-refractivity contribution >= 4 is 32.9 Å². The van der Waals surface area contributed by atoms with Gasteiger partial charge in [0, 0.05) is 22.0 Å². The van der Waals surface area contributed by atoms with Crippen LogP contribution in [0.4, 0.5) is 0 Å². The number of nitrogens with one attached hydrogen (secondary N) is 1. The number of aryl methyl sites for hydroxylation is 1. The van der Waals surface area contributed by atoms with E-state index in [9.17, 15) is 14.9 Å². The average Bonchev–Trinajstić information content (AvgIpc) is 2.59. The lowest BCUT2D eigenvalue weighted by atomic mass is 10.2. The predicted molar refractivity (Wildman–Crippen MR) is 98.9 cm³/mol. The van der Waals surface area contributed by atoms with E-state index in [0.717, 1.165) is 15.6 Å². The van der Waals surface area contributed by atoms with Crippen LogP contribution in [0.1, 0.15) is 27.3 Å². The highest BCUT2D eigenvalue weighted by Gasteiger charge is 2.26. The van der Waals surface area contributed by atoms with E-state index in [0.29, 0.717) is 9.16 Å². The normalized spacial score (nSPS) is 10.8. The molecule has 3 aromatic rings. The lowest BCUT2D eigenvalue weighted by Gasteiger charge is -2.16. The molecule has 0 fully saturated rings. The number of aromatic nitrogens is 2. The second-order valence-electron chi connectivity index (χ2n) is 5.82. The Morgan fingerprint density at radius 1 is 1.20 bits per heavy atom. The van der Waals surface area contributed by atoms with Crippen LogP contribution in [0.15, 0.2) is 46.9 Å². The van der Waals surface area contributed by atoms with Gasteiger partial charge in [-0.2, -0.15) is 0 Å². The van der Waals surface area contributed by atoms with Crippen molar-refractivity contribution in [2.24, 2.45) is 0 Å². The lowest BCUT2D eigenvalue weighted by molar-refractivity contribution is -0.468. The third-order valence-corrected chi connectivity index (χ3v) is 4.53. The Hall–Kier alpha value is -2.67. The van der Waals surface area contributed by atoms with Gasteiger partial charge in [0.1, 0.15) is 5.52 Å². The standard InChI is InChI=1S/C18H16BrN3O3/c1-11-3-8-15-16(9-11)22(25)17(12(2)21(15)24)18(23)20-10-13-4-6-14(19)7-5-13/h3-9H,10H2,1-2H3,(H,20,23). The van der Waals surface area contributed by atoms with Crippen molar-refractivity contribution in [3.05, 3.63) is 79.6 Å². The largest absolute Gasteiger partial charge is 0.805 e. The summed E-state index contributed by atoms with van der Waals surface area (Å²) < 4.78 is 2.09. The Bertz CT molecular complexity index is 1030. The van der Waals surface area contributed by atoms with E-state index in [1.54, 1.807) is 18.2 Å². The molecule has 0 bridgehead atoms. The van der Waals surface area contributed by atoms with Gasteiger partial charge in [-0.1, -0.05) is 34.1 Å². The molecule has 1 heterocycles. The number of fused-ring (bicyclic) bond motifs is 1. The Morgan fingerprint density at radius 2 is 1.88 bits per heavy atom. The number of amides is 1. The first-order chi connectivity index (χ1) is 11.9. The van der Waals surface area contributed by atoms with Gasteiger partial charge < -0.3 is 15.3 Å². The first kappa shape index (κ1) is 17.2. The maximum absolute atomic E-state index is 12.6. The number of carbonyl (C=O) groups is 1. The molecule has 2 aromatic carbocycles. The van der Waals surface area contributed by atoms with Crippen molar-refractivity contribution in [1.29, 1.82) is 0 Å². The summed E-state index contributed by atoms with van der Waals surface area (Å²) in [7, 11) is 0. The molecule has 0 spiro atoms. The molecular formula is C18H16BrN3O3. The minimum absolute atomic E-state index is 0.0691. The van der Waals surface area contributed by atoms with Gasteiger partial charge >= 0.3 is 11.6 Å². The van der Waals surface area contributed by atoms with Crippen LogP contribution < -0.4 is 9.74 Å². The molecule has 0 aliphatic heterocycles. The number of hydrogen-bond acceptors (Lipinski definition) is 3. The first-order valence-electron chi connectivity index (χ1n) is 7.67. The van der Waals surface area contributed by atoms with Gasteiger partial charge in [-0.15, -0.1) is 0 Å². The fourth-order valence-electron chi connectivity index (χ4n) is 2.64. The second kappa shape index (κ2) is 6.68. The first-order valence-corrected chi connectivity index (χ1v) is 8.46. The molecule has 7 heteroatoms. The van der Waals surface area contributed by atoms with Gasteiger partial charge in [0.2, 0.25) is 0 Å². The SMILES string of the molecule is Cc1ccc2c(c1)[n+](=O)c(C(=O)NCc1ccc(Br)cc1)c(C)n2[O-]. The highest BCUT2D eigenvalue weighted by molar-refractivity contribution is 9.10. The summed E-state index contributed by atoms with van der Waals surface area (Å²) in [5.74, 6) is -0.580. The summed E-state index contributed by atoms with van der Waals surface area (Å²) in [4.78, 5) is 25.2. The summed E-state index contributed by atoms with van der Waals surface area (Å²) in [6, 6.07) is 12.4. The highest BCUT2D eigenvalue weighted by atomic mass is 79.9. The third-order valence-electron chi connectivity index (χ3n) is 4.00. The maximum atomic E-state index is 12.6. The fraction of sp³-hybridized carbons (Fsp3) is 0.167. The van der Waals surface area contributed by atoms with Gasteiger partial charge in [-0.25, -0.2) is 0 Å². The Kier molecular flexibility index (Phi) is 4.59. The lowest BCUT2D eigenvalue weighted by Crippen LogP contribution is -2.36. The van der Waals surface area contributed by atoms with Crippen LogP contribution in [0.25, 0.3) is 11.0 Å². The molecule has 25 heavy (non-hydrogen) atoms. The van der Waals surface area contributed by atoms with Crippen molar-refractivity contribution < 1.29 is 9.22 Å². The van der Waals surface area contributed by atoms with Crippen LogP contribution in [0, 0.1) is 24.0 Å². The molecule has 0 aliphatic rings. The van der Waals surface area contributed by atoms with Crippen LogP contribution in [0.5, 0.6) is 0 Å². The fourth-order valence-corrected chi connectivity index (χ4v) is 2.90. The molecule has 128 valence electrons. The zero-order valence-electron chi connectivity index (χ0n) is 13.7. The van der Waals surface area contributed by atoms with Crippen molar-refractivity contribution in [2.75, 3.05) is 0 Å². The van der Waals surface area contributed by atoms with E-state index in [1.807, 2.05) is 31.2 Å². The molecule has 1 amide bonds. The van der Waals surface area contributed by atoms with Crippen LogP contribution in [0.3, 0.4) is 0 Å². The number of benzene rings is 2. The molecule has 0 aliphatic carbocycles. The summed E-state index contributed by atoms with van der Waals surface area (Å²) >= 11 is 3.35. The molecule has 6 nitrogen and oxygen atoms in total. The van der Waals surface area contributed by atoms with Gasteiger partial charge in [0.25, 0.3) is 5.52 Å². The Labute approximate surface area is 152 Å². The van der Waals surface area contributed by atoms with E-state index in [4.69, 9.17) is 0 Å². The van der Waals surface area contributed by atoms with Crippen molar-refractivity contribution in [2.45, 2.75) is 20.4 Å². The summed E-state index contributed by atoms with van der Waals surface area (Å²) in [5.41, 5.74) is 2.02. The number of halogens is 1. The van der Waals surface area contributed by atoms with E-state index < -0.39 is 5.91 Å². The number of hydrogen-bond donors (Lipinski definition) is 1. The van der Waals surface area contributed by atoms with E-state index >= 15 is 0 Å². The van der Waals surface area contributed by atoms with Gasteiger partial charge in [-0.05, 0) is 43.2 Å². The van der Waals surface area contributed by atoms with Crippen LogP contribution >= 0.6 is 15.9 Å². The van der Waals surface area contributed by atoms with Gasteiger partial charge in [-0.3, -0.25) is 4.79 Å². The third kappa shape index (κ3) is 3.28. The molecule has 0 saturated carbocycles. The Balaban J connectivity index is 1.98. The summed E-state index contributed by atoms with van der Waals surface area (Å²) in [6.45, 7) is 3.55. The highest BCUT2D eigenvalue weighted by Crippen LogP contribution is 2.16. The predicted octanol–water partition coefficient (Wildman–Crippen LogP) is 3.21. The van der Waals surface area contributed by atoms with Crippen molar-refractivity contribution in [1.82, 2.24) is 10.0 Å². The number of carbonyl (C=O) groups excluding carboxylic acids is 1. The van der Waals surface area contributed by atoms with Gasteiger partial charge in [0.05, 0.1) is 10.1 Å². The van der Waals surface area contributed by atoms with Gasteiger partial charge in [0.15, 0.2) is 0 Å². The number of rotatable bonds is 3. The van der Waals surface area contributed by atoms with Crippen molar-refractivity contribution in [3.63, 3.8) is 0 Å². The molecule has 1 N–H and O–H groups in total. The zero-order valence-corrected chi connectivity index (χ0v) is 15.3. The second-order valence-corrected chi connectivity index (χ2v) is 6.74. The zero-order chi connectivity index (χ0) is 18.1. The molecule has 3 rings (SSSR count). The maximum Gasteiger partial charge on any atom is 0.346 e. The quantitative estimate of drug-likeness (QED) is 0.684. The minimum atomic E-state index is -0.580. The van der Waals surface area contributed by atoms with Crippen LogP contribution in [-0.4, -0.2) is 10.6 Å². The van der Waals surface area contributed by atoms with E-state index in [-0.39, 0.29) is 29.0 Å². The molecule has 0 radical (unpaired) electrons. The topological polar surface area (TPSA) is 80.1 Å². The molecule has 0 saturated heterocycles. The molecule has 1 aromatic heterocycles. The Morgan fingerprint density at radius 3 is 2.56 bits per heavy atom. The molecule has 0 atom stereocenters. The molecule has 0 unspecified atom stereocenters. The smallest absolute Gasteiger partial charge is 0.346 e. The van der Waals surface area contributed by atoms with Crippen molar-refractivity contribution in [3.8, 4) is 0 Å². The minimum Gasteiger partial charge on any atom is -0.805 e. The number of nitrogens with zero attached hydrogens (tertiary/aromatic N) is 2. The summed E-state index contributed by atoms with van der Waals surface area (Å²) in [5, 5.41) is 15.1.